The number of ketones is 1. The second kappa shape index (κ2) is 6.06. The Morgan fingerprint density at radius 1 is 1.17 bits per heavy atom. The maximum Gasteiger partial charge on any atom is 0.348 e. The van der Waals surface area contributed by atoms with Crippen LogP contribution in [0.3, 0.4) is 0 Å². The molecule has 1 aromatic rings. The van der Waals surface area contributed by atoms with E-state index in [2.05, 4.69) is 4.74 Å². The van der Waals surface area contributed by atoms with E-state index in [1.54, 1.807) is 0 Å². The summed E-state index contributed by atoms with van der Waals surface area (Å²) in [7, 11) is 0.950. The standard InChI is InChI=1S/C10H5Cl4FO3/c1-18-10(17)8(15)9(16)3-2-4(11)6(13)7(14)5(3)12/h2,8H,1H3. The van der Waals surface area contributed by atoms with Crippen molar-refractivity contribution in [3.63, 3.8) is 0 Å². The number of hydrogen-bond donors (Lipinski definition) is 0. The van der Waals surface area contributed by atoms with Crippen LogP contribution in [0.2, 0.25) is 20.1 Å². The topological polar surface area (TPSA) is 43.4 Å². The highest BCUT2D eigenvalue weighted by atomic mass is 35.5. The Labute approximate surface area is 122 Å². The van der Waals surface area contributed by atoms with Gasteiger partial charge in [0, 0.05) is 5.56 Å². The molecule has 1 unspecified atom stereocenters. The number of benzene rings is 1. The lowest BCUT2D eigenvalue weighted by molar-refractivity contribution is -0.144. The number of carbonyl (C=O) groups is 2. The molecule has 0 fully saturated rings. The lowest BCUT2D eigenvalue weighted by Crippen LogP contribution is -2.27. The molecule has 0 aliphatic heterocycles. The summed E-state index contributed by atoms with van der Waals surface area (Å²) in [6.45, 7) is 0. The minimum atomic E-state index is -2.50. The van der Waals surface area contributed by atoms with E-state index >= 15 is 0 Å². The van der Waals surface area contributed by atoms with E-state index in [1.807, 2.05) is 0 Å². The molecular formula is C10H5Cl4FO3. The van der Waals surface area contributed by atoms with Crippen LogP contribution in [0.15, 0.2) is 6.07 Å². The van der Waals surface area contributed by atoms with E-state index in [-0.39, 0.29) is 25.7 Å². The lowest BCUT2D eigenvalue weighted by atomic mass is 10.1. The highest BCUT2D eigenvalue weighted by molar-refractivity contribution is 6.52. The number of Topliss-reactive ketones (excluding diaryl/α,β-unsaturated/α-hetero) is 1. The first-order valence-corrected chi connectivity index (χ1v) is 5.91. The molecular weight excluding hydrogens is 329 g/mol. The third kappa shape index (κ3) is 2.88. The van der Waals surface area contributed by atoms with Crippen molar-refractivity contribution in [3.05, 3.63) is 31.7 Å². The number of hydrogen-bond acceptors (Lipinski definition) is 3. The van der Waals surface area contributed by atoms with Gasteiger partial charge in [-0.05, 0) is 6.07 Å². The summed E-state index contributed by atoms with van der Waals surface area (Å²) in [6.07, 6.45) is -2.50. The summed E-state index contributed by atoms with van der Waals surface area (Å²) in [5, 5.41) is -0.603. The SMILES string of the molecule is COC(=O)C(F)C(=O)c1cc(Cl)c(Cl)c(Cl)c1Cl. The first-order chi connectivity index (χ1) is 8.31. The molecule has 18 heavy (non-hydrogen) atoms. The molecule has 0 bridgehead atoms. The van der Waals surface area contributed by atoms with E-state index < -0.39 is 17.9 Å². The Morgan fingerprint density at radius 2 is 1.72 bits per heavy atom. The van der Waals surface area contributed by atoms with Crippen LogP contribution in [-0.2, 0) is 9.53 Å². The van der Waals surface area contributed by atoms with Crippen molar-refractivity contribution < 1.29 is 18.7 Å². The Balaban J connectivity index is 3.27. The second-order valence-electron chi connectivity index (χ2n) is 3.10. The van der Waals surface area contributed by atoms with Crippen LogP contribution < -0.4 is 0 Å². The fourth-order valence-corrected chi connectivity index (χ4v) is 1.99. The third-order valence-corrected chi connectivity index (χ3v) is 3.76. The number of ether oxygens (including phenoxy) is 1. The summed E-state index contributed by atoms with van der Waals surface area (Å²) in [5.74, 6) is -2.54. The molecule has 3 nitrogen and oxygen atoms in total. The van der Waals surface area contributed by atoms with Gasteiger partial charge in [-0.15, -0.1) is 0 Å². The van der Waals surface area contributed by atoms with Crippen LogP contribution in [0.5, 0.6) is 0 Å². The highest BCUT2D eigenvalue weighted by Gasteiger charge is 2.31. The fourth-order valence-electron chi connectivity index (χ4n) is 1.10. The molecule has 1 atom stereocenters. The van der Waals surface area contributed by atoms with Crippen LogP contribution in [0, 0.1) is 0 Å². The van der Waals surface area contributed by atoms with Crippen LogP contribution in [-0.4, -0.2) is 25.0 Å². The number of rotatable bonds is 3. The highest BCUT2D eigenvalue weighted by Crippen LogP contribution is 2.38. The van der Waals surface area contributed by atoms with Crippen LogP contribution >= 0.6 is 46.4 Å². The first-order valence-electron chi connectivity index (χ1n) is 4.40. The first kappa shape index (κ1) is 15.5. The molecule has 0 radical (unpaired) electrons. The molecule has 1 aromatic carbocycles. The Bertz CT molecular complexity index is 518. The van der Waals surface area contributed by atoms with Gasteiger partial charge in [-0.1, -0.05) is 46.4 Å². The summed E-state index contributed by atoms with van der Waals surface area (Å²) in [6, 6.07) is 1.04. The number of carbonyl (C=O) groups excluding carboxylic acids is 2. The Kier molecular flexibility index (Phi) is 5.22. The summed E-state index contributed by atoms with van der Waals surface area (Å²) >= 11 is 22.8. The van der Waals surface area contributed by atoms with Gasteiger partial charge < -0.3 is 4.74 Å². The molecule has 98 valence electrons. The smallest absolute Gasteiger partial charge is 0.348 e. The zero-order chi connectivity index (χ0) is 14.0. The van der Waals surface area contributed by atoms with Gasteiger partial charge in [-0.2, -0.15) is 0 Å². The normalized spacial score (nSPS) is 12.1. The molecule has 0 saturated heterocycles. The molecule has 0 N–H and O–H groups in total. The van der Waals surface area contributed by atoms with E-state index in [1.165, 1.54) is 0 Å². The van der Waals surface area contributed by atoms with Gasteiger partial charge in [0.1, 0.15) is 0 Å². The Morgan fingerprint density at radius 3 is 2.22 bits per heavy atom. The van der Waals surface area contributed by atoms with Gasteiger partial charge >= 0.3 is 5.97 Å². The molecule has 0 spiro atoms. The summed E-state index contributed by atoms with van der Waals surface area (Å²) in [4.78, 5) is 22.6. The van der Waals surface area contributed by atoms with Crippen molar-refractivity contribution in [2.75, 3.05) is 7.11 Å². The number of esters is 1. The zero-order valence-electron chi connectivity index (χ0n) is 8.77. The molecule has 0 aromatic heterocycles. The van der Waals surface area contributed by atoms with E-state index in [9.17, 15) is 14.0 Å². The van der Waals surface area contributed by atoms with Crippen molar-refractivity contribution >= 4 is 58.2 Å². The average molecular weight is 334 g/mol. The van der Waals surface area contributed by atoms with E-state index in [4.69, 9.17) is 46.4 Å². The summed E-state index contributed by atoms with van der Waals surface area (Å²) in [5.41, 5.74) is -0.339. The molecule has 0 aliphatic rings. The Hall–Kier alpha value is -0.550. The number of alkyl halides is 1. The van der Waals surface area contributed by atoms with Gasteiger partial charge in [-0.25, -0.2) is 9.18 Å². The van der Waals surface area contributed by atoms with E-state index in [0.29, 0.717) is 0 Å². The van der Waals surface area contributed by atoms with Gasteiger partial charge in [0.2, 0.25) is 5.78 Å². The maximum atomic E-state index is 13.4. The van der Waals surface area contributed by atoms with Gasteiger partial charge in [0.05, 0.1) is 27.2 Å². The van der Waals surface area contributed by atoms with Crippen LogP contribution in [0.1, 0.15) is 10.4 Å². The van der Waals surface area contributed by atoms with Crippen LogP contribution in [0.4, 0.5) is 4.39 Å². The van der Waals surface area contributed by atoms with E-state index in [0.717, 1.165) is 13.2 Å². The predicted octanol–water partition coefficient (Wildman–Crippen LogP) is 3.99. The van der Waals surface area contributed by atoms with Crippen molar-refractivity contribution in [1.29, 1.82) is 0 Å². The maximum absolute atomic E-state index is 13.4. The second-order valence-corrected chi connectivity index (χ2v) is 4.64. The van der Waals surface area contributed by atoms with Crippen molar-refractivity contribution in [2.24, 2.45) is 0 Å². The third-order valence-electron chi connectivity index (χ3n) is 2.01. The largest absolute Gasteiger partial charge is 0.467 e. The van der Waals surface area contributed by atoms with Crippen molar-refractivity contribution in [3.8, 4) is 0 Å². The zero-order valence-corrected chi connectivity index (χ0v) is 11.8. The van der Waals surface area contributed by atoms with Gasteiger partial charge in [0.25, 0.3) is 6.17 Å². The van der Waals surface area contributed by atoms with Crippen molar-refractivity contribution in [2.45, 2.75) is 6.17 Å². The monoisotopic (exact) mass is 332 g/mol. The lowest BCUT2D eigenvalue weighted by Gasteiger charge is -2.10. The molecule has 0 amide bonds. The van der Waals surface area contributed by atoms with Gasteiger partial charge in [0.15, 0.2) is 0 Å². The fraction of sp³-hybridized carbons (Fsp3) is 0.200. The van der Waals surface area contributed by atoms with Gasteiger partial charge in [-0.3, -0.25) is 4.79 Å². The molecule has 8 heteroatoms. The minimum Gasteiger partial charge on any atom is -0.467 e. The predicted molar refractivity (Wildman–Crippen MR) is 67.7 cm³/mol. The molecule has 1 rings (SSSR count). The molecule has 0 aliphatic carbocycles. The number of halogens is 5. The summed E-state index contributed by atoms with van der Waals surface area (Å²) < 4.78 is 17.5. The molecule has 0 heterocycles. The van der Waals surface area contributed by atoms with Crippen LogP contribution in [0.25, 0.3) is 0 Å². The molecule has 0 saturated carbocycles. The van der Waals surface area contributed by atoms with Crippen molar-refractivity contribution in [1.82, 2.24) is 0 Å². The average Bonchev–Trinajstić information content (AvgIpc) is 2.37. The minimum absolute atomic E-state index is 0.0617. The quantitative estimate of drug-likeness (QED) is 0.276. The number of methoxy groups -OCH3 is 1.